The van der Waals surface area contributed by atoms with E-state index in [0.29, 0.717) is 41.4 Å². The van der Waals surface area contributed by atoms with Gasteiger partial charge in [-0.1, -0.05) is 40.5 Å². The van der Waals surface area contributed by atoms with Gasteiger partial charge < -0.3 is 20.4 Å². The molecule has 4 N–H and O–H groups in total. The first-order valence-electron chi connectivity index (χ1n) is 13.3. The molecule has 0 aromatic heterocycles. The van der Waals surface area contributed by atoms with E-state index in [2.05, 4.69) is 27.7 Å². The summed E-state index contributed by atoms with van der Waals surface area (Å²) < 4.78 is 0. The summed E-state index contributed by atoms with van der Waals surface area (Å²) in [7, 11) is 0. The van der Waals surface area contributed by atoms with Crippen LogP contribution in [0.25, 0.3) is 0 Å². The van der Waals surface area contributed by atoms with Crippen molar-refractivity contribution in [3.63, 3.8) is 0 Å². The van der Waals surface area contributed by atoms with E-state index in [1.165, 1.54) is 12.8 Å². The van der Waals surface area contributed by atoms with E-state index in [-0.39, 0.29) is 35.7 Å². The van der Waals surface area contributed by atoms with E-state index in [1.54, 1.807) is 0 Å². The van der Waals surface area contributed by atoms with Gasteiger partial charge in [0.1, 0.15) is 0 Å². The van der Waals surface area contributed by atoms with Crippen molar-refractivity contribution in [3.05, 3.63) is 0 Å². The lowest BCUT2D eigenvalue weighted by atomic mass is 9.43. The molecule has 180 valence electrons. The number of aliphatic hydroxyl groups is 4. The molecule has 4 rings (SSSR count). The molecule has 4 nitrogen and oxygen atoms in total. The van der Waals surface area contributed by atoms with Crippen LogP contribution in [0.1, 0.15) is 91.9 Å². The van der Waals surface area contributed by atoms with E-state index in [4.69, 9.17) is 0 Å². The van der Waals surface area contributed by atoms with Gasteiger partial charge in [0.05, 0.1) is 18.3 Å². The van der Waals surface area contributed by atoms with Crippen molar-refractivity contribution in [2.75, 3.05) is 6.61 Å². The van der Waals surface area contributed by atoms with Gasteiger partial charge in [0.15, 0.2) is 0 Å². The first kappa shape index (κ1) is 24.0. The van der Waals surface area contributed by atoms with Crippen molar-refractivity contribution < 1.29 is 20.4 Å². The van der Waals surface area contributed by atoms with E-state index in [0.717, 1.165) is 51.4 Å². The van der Waals surface area contributed by atoms with Crippen molar-refractivity contribution in [2.24, 2.45) is 52.3 Å². The molecule has 0 radical (unpaired) electrons. The van der Waals surface area contributed by atoms with Gasteiger partial charge >= 0.3 is 0 Å². The van der Waals surface area contributed by atoms with Gasteiger partial charge in [-0.25, -0.2) is 0 Å². The molecule has 0 aromatic carbocycles. The van der Waals surface area contributed by atoms with Gasteiger partial charge in [-0.15, -0.1) is 0 Å². The van der Waals surface area contributed by atoms with Gasteiger partial charge in [0.2, 0.25) is 0 Å². The van der Waals surface area contributed by atoms with Gasteiger partial charge in [0, 0.05) is 6.61 Å². The Kier molecular flexibility index (Phi) is 6.88. The molecule has 4 heteroatoms. The van der Waals surface area contributed by atoms with Crippen LogP contribution in [0.4, 0.5) is 0 Å². The zero-order valence-electron chi connectivity index (χ0n) is 20.3. The Morgan fingerprint density at radius 3 is 2.35 bits per heavy atom. The van der Waals surface area contributed by atoms with Crippen LogP contribution in [0, 0.1) is 52.3 Å². The second-order valence-electron chi connectivity index (χ2n) is 12.7. The Labute approximate surface area is 189 Å². The molecular formula is C27H48O4. The third-order valence-corrected chi connectivity index (χ3v) is 11.2. The predicted molar refractivity (Wildman–Crippen MR) is 123 cm³/mol. The Morgan fingerprint density at radius 2 is 1.65 bits per heavy atom. The summed E-state index contributed by atoms with van der Waals surface area (Å²) in [5, 5.41) is 42.6. The maximum Gasteiger partial charge on any atom is 0.0602 e. The van der Waals surface area contributed by atoms with E-state index < -0.39 is 0 Å². The van der Waals surface area contributed by atoms with Crippen molar-refractivity contribution >= 4 is 0 Å². The minimum absolute atomic E-state index is 0.0957. The summed E-state index contributed by atoms with van der Waals surface area (Å²) in [4.78, 5) is 0. The largest absolute Gasteiger partial charge is 0.396 e. The molecule has 4 saturated carbocycles. The van der Waals surface area contributed by atoms with Gasteiger partial charge in [-0.2, -0.15) is 0 Å². The molecule has 0 aliphatic heterocycles. The van der Waals surface area contributed by atoms with Crippen molar-refractivity contribution in [1.29, 1.82) is 0 Å². The summed E-state index contributed by atoms with van der Waals surface area (Å²) in [6.45, 7) is 9.51. The van der Waals surface area contributed by atoms with Gasteiger partial charge in [-0.3, -0.25) is 0 Å². The zero-order valence-corrected chi connectivity index (χ0v) is 20.3. The van der Waals surface area contributed by atoms with Gasteiger partial charge in [-0.05, 0) is 104 Å². The molecule has 12 atom stereocenters. The third kappa shape index (κ3) is 3.92. The molecule has 4 aliphatic rings. The fraction of sp³-hybridized carbons (Fsp3) is 1.00. The van der Waals surface area contributed by atoms with Crippen LogP contribution in [0.5, 0.6) is 0 Å². The smallest absolute Gasteiger partial charge is 0.0602 e. The van der Waals surface area contributed by atoms with Crippen LogP contribution in [0.15, 0.2) is 0 Å². The van der Waals surface area contributed by atoms with Crippen LogP contribution in [-0.2, 0) is 0 Å². The van der Waals surface area contributed by atoms with E-state index >= 15 is 0 Å². The topological polar surface area (TPSA) is 80.9 Å². The number of fused-ring (bicyclic) bond motifs is 5. The molecular weight excluding hydrogens is 388 g/mol. The molecule has 0 aromatic rings. The predicted octanol–water partition coefficient (Wildman–Crippen LogP) is 4.38. The molecule has 4 aliphatic carbocycles. The Balaban J connectivity index is 1.52. The molecule has 0 saturated heterocycles. The third-order valence-electron chi connectivity index (χ3n) is 11.2. The maximum absolute atomic E-state index is 11.6. The minimum Gasteiger partial charge on any atom is -0.396 e. The standard InChI is InChI=1S/C27H48O4/c1-16(15-28)6-5-7-17(2)20-8-9-21-25-22(14-24(31)27(20,21)4)26(3)11-10-19(29)12-18(26)13-23(25)30/h16-25,28-31H,5-15H2,1-4H3/t16?,17-,18+,19-,20-,21+,22+,23-,24+,25+,26+,27-/m1/s1. The van der Waals surface area contributed by atoms with Crippen molar-refractivity contribution in [3.8, 4) is 0 Å². The highest BCUT2D eigenvalue weighted by Gasteiger charge is 2.65. The van der Waals surface area contributed by atoms with Gasteiger partial charge in [0.25, 0.3) is 0 Å². The average molecular weight is 437 g/mol. The summed E-state index contributed by atoms with van der Waals surface area (Å²) in [5.41, 5.74) is 0.0527. The molecule has 0 spiro atoms. The number of hydrogen-bond acceptors (Lipinski definition) is 4. The SMILES string of the molecule is CC(CO)CCC[C@@H](C)[C@H]1CC[C@H]2[C@@H]3[C@H](O)C[C@@H]4C[C@H](O)CC[C@]4(C)[C@H]3C[C@H](O)[C@]12C. The Bertz CT molecular complexity index is 624. The normalized spacial score (nSPS) is 51.5. The monoisotopic (exact) mass is 436 g/mol. The van der Waals surface area contributed by atoms with E-state index in [9.17, 15) is 20.4 Å². The molecule has 0 amide bonds. The van der Waals surface area contributed by atoms with Crippen LogP contribution in [-0.4, -0.2) is 45.3 Å². The van der Waals surface area contributed by atoms with E-state index in [1.807, 2.05) is 0 Å². The van der Waals surface area contributed by atoms with Crippen LogP contribution < -0.4 is 0 Å². The maximum atomic E-state index is 11.6. The molecule has 4 fully saturated rings. The molecule has 0 heterocycles. The van der Waals surface area contributed by atoms with Crippen LogP contribution in [0.2, 0.25) is 0 Å². The summed E-state index contributed by atoms with van der Waals surface area (Å²) in [6.07, 6.45) is 9.27. The van der Waals surface area contributed by atoms with Crippen molar-refractivity contribution in [1.82, 2.24) is 0 Å². The quantitative estimate of drug-likeness (QED) is 0.498. The minimum atomic E-state index is -0.292. The fourth-order valence-corrected chi connectivity index (χ4v) is 9.21. The first-order valence-corrected chi connectivity index (χ1v) is 13.3. The molecule has 1 unspecified atom stereocenters. The van der Waals surface area contributed by atoms with Crippen molar-refractivity contribution in [2.45, 2.75) is 110 Å². The molecule has 31 heavy (non-hydrogen) atoms. The van der Waals surface area contributed by atoms with Crippen LogP contribution in [0.3, 0.4) is 0 Å². The number of hydrogen-bond donors (Lipinski definition) is 4. The highest BCUT2D eigenvalue weighted by Crippen LogP contribution is 2.68. The fourth-order valence-electron chi connectivity index (χ4n) is 9.21. The summed E-state index contributed by atoms with van der Waals surface area (Å²) >= 11 is 0. The highest BCUT2D eigenvalue weighted by atomic mass is 16.3. The first-order chi connectivity index (χ1) is 14.6. The average Bonchev–Trinajstić information content (AvgIpc) is 3.08. The lowest BCUT2D eigenvalue weighted by molar-refractivity contribution is -0.207. The summed E-state index contributed by atoms with van der Waals surface area (Å²) in [5.74, 6) is 2.93. The number of aliphatic hydroxyl groups excluding tert-OH is 4. The lowest BCUT2D eigenvalue weighted by Gasteiger charge is -2.63. The Hall–Kier alpha value is -0.160. The Morgan fingerprint density at radius 1 is 0.903 bits per heavy atom. The van der Waals surface area contributed by atoms with Crippen LogP contribution >= 0.6 is 0 Å². The molecule has 0 bridgehead atoms. The second-order valence-corrected chi connectivity index (χ2v) is 12.7. The number of rotatable bonds is 6. The second kappa shape index (κ2) is 8.89. The highest BCUT2D eigenvalue weighted by molar-refractivity contribution is 5.14. The lowest BCUT2D eigenvalue weighted by Crippen LogP contribution is -2.62. The zero-order chi connectivity index (χ0) is 22.6. The summed E-state index contributed by atoms with van der Waals surface area (Å²) in [6, 6.07) is 0.